The third kappa shape index (κ3) is 4.86. The second-order valence-corrected chi connectivity index (χ2v) is 7.21. The lowest BCUT2D eigenvalue weighted by molar-refractivity contribution is -0.121. The quantitative estimate of drug-likeness (QED) is 0.347. The molecule has 3 aromatic rings. The number of aromatic amines is 2. The predicted octanol–water partition coefficient (Wildman–Crippen LogP) is 2.87. The minimum Gasteiger partial charge on any atom is -0.497 e. The maximum absolute atomic E-state index is 12.9. The second kappa shape index (κ2) is 9.71. The molecular weight excluding hydrogens is 392 g/mol. The summed E-state index contributed by atoms with van der Waals surface area (Å²) in [4.78, 5) is 31.1. The number of nitrogens with one attached hydrogen (secondary N) is 3. The van der Waals surface area contributed by atoms with Crippen molar-refractivity contribution in [3.63, 3.8) is 0 Å². The number of methoxy groups -OCH3 is 2. The first-order valence-corrected chi connectivity index (χ1v) is 10.0. The molecule has 1 aromatic carbocycles. The number of ether oxygens (including phenoxy) is 2. The predicted molar refractivity (Wildman–Crippen MR) is 115 cm³/mol. The molecule has 8 nitrogen and oxygen atoms in total. The fourth-order valence-corrected chi connectivity index (χ4v) is 3.56. The van der Waals surface area contributed by atoms with E-state index in [2.05, 4.69) is 15.3 Å². The van der Waals surface area contributed by atoms with Crippen LogP contribution >= 0.6 is 12.2 Å². The van der Waals surface area contributed by atoms with Crippen LogP contribution in [0, 0.1) is 4.77 Å². The number of rotatable bonds is 10. The van der Waals surface area contributed by atoms with Crippen LogP contribution in [0.25, 0.3) is 21.9 Å². The number of unbranched alkanes of at least 4 members (excludes halogenated alkanes) is 1. The molecule has 0 atom stereocenters. The molecule has 0 fully saturated rings. The molecule has 0 radical (unpaired) electrons. The van der Waals surface area contributed by atoms with Gasteiger partial charge in [0.1, 0.15) is 11.3 Å². The number of aromatic nitrogens is 3. The maximum atomic E-state index is 12.9. The van der Waals surface area contributed by atoms with Crippen molar-refractivity contribution >= 4 is 40.1 Å². The zero-order valence-electron chi connectivity index (χ0n) is 16.7. The van der Waals surface area contributed by atoms with Crippen LogP contribution in [-0.4, -0.2) is 47.8 Å². The Morgan fingerprint density at radius 1 is 1.17 bits per heavy atom. The van der Waals surface area contributed by atoms with Crippen molar-refractivity contribution in [1.82, 2.24) is 19.9 Å². The van der Waals surface area contributed by atoms with Gasteiger partial charge in [-0.05, 0) is 49.7 Å². The number of fused-ring (bicyclic) bond motifs is 3. The lowest BCUT2D eigenvalue weighted by Crippen LogP contribution is -2.25. The topological polar surface area (TPSA) is 101 Å². The first-order chi connectivity index (χ1) is 14.0. The van der Waals surface area contributed by atoms with Crippen molar-refractivity contribution in [2.24, 2.45) is 0 Å². The van der Waals surface area contributed by atoms with Crippen LogP contribution in [-0.2, 0) is 16.1 Å². The van der Waals surface area contributed by atoms with Gasteiger partial charge in [-0.2, -0.15) is 0 Å². The molecule has 3 N–H and O–H groups in total. The van der Waals surface area contributed by atoms with Gasteiger partial charge in [-0.3, -0.25) is 14.2 Å². The second-order valence-electron chi connectivity index (χ2n) is 6.83. The number of nitrogens with zero attached hydrogens (tertiary/aromatic N) is 1. The number of benzene rings is 1. The van der Waals surface area contributed by atoms with Gasteiger partial charge >= 0.3 is 0 Å². The van der Waals surface area contributed by atoms with Gasteiger partial charge in [-0.15, -0.1) is 0 Å². The minimum absolute atomic E-state index is 0.0126. The number of hydrogen-bond donors (Lipinski definition) is 3. The molecule has 0 aliphatic carbocycles. The number of carbonyl (C=O) groups is 1. The monoisotopic (exact) mass is 418 g/mol. The van der Waals surface area contributed by atoms with Crippen LogP contribution in [0.3, 0.4) is 0 Å². The number of carbonyl (C=O) groups excluding carboxylic acids is 1. The van der Waals surface area contributed by atoms with E-state index < -0.39 is 0 Å². The van der Waals surface area contributed by atoms with Gasteiger partial charge in [0, 0.05) is 44.1 Å². The van der Waals surface area contributed by atoms with Gasteiger partial charge in [0.05, 0.1) is 12.6 Å². The van der Waals surface area contributed by atoms with Crippen LogP contribution in [0.1, 0.15) is 25.7 Å². The first-order valence-electron chi connectivity index (χ1n) is 9.63. The zero-order valence-corrected chi connectivity index (χ0v) is 17.5. The molecule has 0 spiro atoms. The average Bonchev–Trinajstić information content (AvgIpc) is 3.08. The van der Waals surface area contributed by atoms with E-state index in [0.717, 1.165) is 17.3 Å². The summed E-state index contributed by atoms with van der Waals surface area (Å²) in [5.41, 5.74) is 1.84. The molecule has 0 saturated heterocycles. The molecule has 9 heteroatoms. The van der Waals surface area contributed by atoms with Crippen molar-refractivity contribution in [2.45, 2.75) is 32.2 Å². The summed E-state index contributed by atoms with van der Waals surface area (Å²) in [7, 11) is 3.24. The Labute approximate surface area is 173 Å². The Kier molecular flexibility index (Phi) is 7.05. The summed E-state index contributed by atoms with van der Waals surface area (Å²) < 4.78 is 12.1. The van der Waals surface area contributed by atoms with Crippen LogP contribution in [0.2, 0.25) is 0 Å². The fraction of sp³-hybridized carbons (Fsp3) is 0.450. The molecular formula is C20H26N4O4S. The average molecular weight is 419 g/mol. The summed E-state index contributed by atoms with van der Waals surface area (Å²) in [6.45, 7) is 1.70. The smallest absolute Gasteiger partial charge is 0.278 e. The van der Waals surface area contributed by atoms with E-state index in [4.69, 9.17) is 21.7 Å². The SMILES string of the molecule is COCCCNC(=O)CCCCn1c(=S)[nH]c2c([nH]c3ccc(OC)cc32)c1=O. The van der Waals surface area contributed by atoms with E-state index in [9.17, 15) is 9.59 Å². The third-order valence-corrected chi connectivity index (χ3v) is 5.15. The van der Waals surface area contributed by atoms with Gasteiger partial charge in [0.25, 0.3) is 5.56 Å². The molecule has 0 unspecified atom stereocenters. The number of hydrogen-bond acceptors (Lipinski definition) is 5. The molecule has 0 aliphatic heterocycles. The maximum Gasteiger partial charge on any atom is 0.278 e. The van der Waals surface area contributed by atoms with Crippen molar-refractivity contribution < 1.29 is 14.3 Å². The highest BCUT2D eigenvalue weighted by Gasteiger charge is 2.12. The molecule has 0 bridgehead atoms. The molecule has 156 valence electrons. The van der Waals surface area contributed by atoms with Crippen LogP contribution in [0.15, 0.2) is 23.0 Å². The van der Waals surface area contributed by atoms with E-state index in [0.29, 0.717) is 60.5 Å². The Hall–Kier alpha value is -2.65. The normalized spacial score (nSPS) is 11.2. The number of amides is 1. The number of H-pyrrole nitrogens is 2. The molecule has 2 heterocycles. The van der Waals surface area contributed by atoms with Crippen molar-refractivity contribution in [3.8, 4) is 5.75 Å². The van der Waals surface area contributed by atoms with Gasteiger partial charge in [-0.25, -0.2) is 0 Å². The van der Waals surface area contributed by atoms with Crippen LogP contribution < -0.4 is 15.6 Å². The lowest BCUT2D eigenvalue weighted by Gasteiger charge is -2.07. The summed E-state index contributed by atoms with van der Waals surface area (Å²) in [6.07, 6.45) is 2.58. The van der Waals surface area contributed by atoms with Crippen LogP contribution in [0.5, 0.6) is 5.75 Å². The van der Waals surface area contributed by atoms with Gasteiger partial charge in [0.2, 0.25) is 5.91 Å². The molecule has 0 aliphatic rings. The molecule has 29 heavy (non-hydrogen) atoms. The standard InChI is InChI=1S/C20H26N4O4S/c1-27-11-5-9-21-16(25)6-3-4-10-24-19(26)18-17(23-20(24)29)14-12-13(28-2)7-8-15(14)22-18/h7-8,12,22H,3-6,9-11H2,1-2H3,(H,21,25)(H,23,29). The van der Waals surface area contributed by atoms with Gasteiger partial charge in [0.15, 0.2) is 4.77 Å². The molecule has 1 amide bonds. The molecule has 3 rings (SSSR count). The van der Waals surface area contributed by atoms with Gasteiger partial charge in [-0.1, -0.05) is 0 Å². The van der Waals surface area contributed by atoms with E-state index in [-0.39, 0.29) is 11.5 Å². The van der Waals surface area contributed by atoms with E-state index in [1.165, 1.54) is 0 Å². The van der Waals surface area contributed by atoms with Crippen molar-refractivity contribution in [1.29, 1.82) is 0 Å². The largest absolute Gasteiger partial charge is 0.497 e. The first kappa shape index (κ1) is 21.1. The minimum atomic E-state index is -0.164. The van der Waals surface area contributed by atoms with Crippen LogP contribution in [0.4, 0.5) is 0 Å². The van der Waals surface area contributed by atoms with Crippen molar-refractivity contribution in [2.75, 3.05) is 27.4 Å². The van der Waals surface area contributed by atoms with E-state index in [1.54, 1.807) is 18.8 Å². The Balaban J connectivity index is 1.67. The highest BCUT2D eigenvalue weighted by molar-refractivity contribution is 7.71. The van der Waals surface area contributed by atoms with E-state index in [1.807, 2.05) is 18.2 Å². The Bertz CT molecular complexity index is 1120. The summed E-state index contributed by atoms with van der Waals surface area (Å²) >= 11 is 5.41. The van der Waals surface area contributed by atoms with E-state index >= 15 is 0 Å². The lowest BCUT2D eigenvalue weighted by atomic mass is 10.2. The van der Waals surface area contributed by atoms with Crippen molar-refractivity contribution in [3.05, 3.63) is 33.3 Å². The van der Waals surface area contributed by atoms with Gasteiger partial charge < -0.3 is 24.8 Å². The summed E-state index contributed by atoms with van der Waals surface area (Å²) in [5.74, 6) is 0.723. The highest BCUT2D eigenvalue weighted by Crippen LogP contribution is 2.25. The Morgan fingerprint density at radius 3 is 2.76 bits per heavy atom. The molecule has 0 saturated carbocycles. The highest BCUT2D eigenvalue weighted by atomic mass is 32.1. The zero-order chi connectivity index (χ0) is 20.8. The third-order valence-electron chi connectivity index (χ3n) is 4.82. The summed E-state index contributed by atoms with van der Waals surface area (Å²) in [6, 6.07) is 5.58. The Morgan fingerprint density at radius 2 is 2.00 bits per heavy atom. The summed E-state index contributed by atoms with van der Waals surface area (Å²) in [5, 5.41) is 3.72. The fourth-order valence-electron chi connectivity index (χ4n) is 3.28. The molecule has 2 aromatic heterocycles.